The first-order chi connectivity index (χ1) is 8.20. The Kier molecular flexibility index (Phi) is 3.10. The third-order valence-electron chi connectivity index (χ3n) is 2.38. The minimum absolute atomic E-state index is 0.0974. The van der Waals surface area contributed by atoms with Crippen LogP contribution in [0.25, 0.3) is 0 Å². The fourth-order valence-electron chi connectivity index (χ4n) is 1.58. The molecule has 0 spiro atoms. The summed E-state index contributed by atoms with van der Waals surface area (Å²) in [6, 6.07) is 5.30. The van der Waals surface area contributed by atoms with Crippen molar-refractivity contribution in [1.29, 1.82) is 0 Å². The fraction of sp³-hybridized carbons (Fsp3) is 0.231. The number of amides is 1. The van der Waals surface area contributed by atoms with Gasteiger partial charge in [-0.1, -0.05) is 12.0 Å². The molecule has 0 aliphatic carbocycles. The van der Waals surface area contributed by atoms with Crippen LogP contribution in [0.2, 0.25) is 0 Å². The van der Waals surface area contributed by atoms with Gasteiger partial charge in [0.2, 0.25) is 0 Å². The number of esters is 1. The first-order valence-electron chi connectivity index (χ1n) is 5.30. The smallest absolute Gasteiger partial charge is 0.384 e. The first kappa shape index (κ1) is 11.2. The second-order valence-corrected chi connectivity index (χ2v) is 3.53. The van der Waals surface area contributed by atoms with Gasteiger partial charge in [0, 0.05) is 23.6 Å². The van der Waals surface area contributed by atoms with Crippen LogP contribution in [0.3, 0.4) is 0 Å². The van der Waals surface area contributed by atoms with Gasteiger partial charge in [-0.15, -0.1) is 0 Å². The lowest BCUT2D eigenvalue weighted by Crippen LogP contribution is -2.12. The number of carbonyl (C=O) groups is 2. The molecule has 1 aromatic carbocycles. The van der Waals surface area contributed by atoms with Crippen LogP contribution in [0.1, 0.15) is 28.4 Å². The molecule has 0 saturated carbocycles. The molecular weight excluding hydrogens is 218 g/mol. The minimum Gasteiger partial charge on any atom is -0.456 e. The van der Waals surface area contributed by atoms with Gasteiger partial charge in [-0.3, -0.25) is 4.79 Å². The first-order valence-corrected chi connectivity index (χ1v) is 5.30. The maximum absolute atomic E-state index is 11.4. The maximum atomic E-state index is 11.4. The van der Waals surface area contributed by atoms with E-state index >= 15 is 0 Å². The Balaban J connectivity index is 2.21. The van der Waals surface area contributed by atoms with Crippen molar-refractivity contribution >= 4 is 11.9 Å². The number of rotatable bonds is 1. The summed E-state index contributed by atoms with van der Waals surface area (Å²) in [6.07, 6.45) is 0. The van der Waals surface area contributed by atoms with E-state index in [1.807, 2.05) is 6.07 Å². The lowest BCUT2D eigenvalue weighted by atomic mass is 10.1. The van der Waals surface area contributed by atoms with Gasteiger partial charge in [0.25, 0.3) is 5.91 Å². The summed E-state index contributed by atoms with van der Waals surface area (Å²) >= 11 is 0. The van der Waals surface area contributed by atoms with Crippen LogP contribution in [0, 0.1) is 11.8 Å². The minimum atomic E-state index is -0.558. The predicted octanol–water partition coefficient (Wildman–Crippen LogP) is 0.845. The topological polar surface area (TPSA) is 55.4 Å². The number of hydrogen-bond acceptors (Lipinski definition) is 3. The van der Waals surface area contributed by atoms with Crippen molar-refractivity contribution < 1.29 is 14.3 Å². The average Bonchev–Trinajstić information content (AvgIpc) is 2.69. The van der Waals surface area contributed by atoms with Crippen LogP contribution in [0.4, 0.5) is 0 Å². The van der Waals surface area contributed by atoms with Crippen molar-refractivity contribution in [3.05, 3.63) is 34.9 Å². The number of benzene rings is 1. The summed E-state index contributed by atoms with van der Waals surface area (Å²) in [5.41, 5.74) is 2.21. The third kappa shape index (κ3) is 2.45. The lowest BCUT2D eigenvalue weighted by Gasteiger charge is -1.96. The van der Waals surface area contributed by atoms with Gasteiger partial charge in [0.1, 0.15) is 0 Å². The van der Waals surface area contributed by atoms with Gasteiger partial charge in [-0.05, 0) is 24.6 Å². The molecule has 2 rings (SSSR count). The molecule has 4 heteroatoms. The van der Waals surface area contributed by atoms with Gasteiger partial charge in [-0.25, -0.2) is 4.79 Å². The monoisotopic (exact) mass is 229 g/mol. The van der Waals surface area contributed by atoms with Gasteiger partial charge in [0.15, 0.2) is 0 Å². The molecule has 1 aliphatic rings. The van der Waals surface area contributed by atoms with Crippen molar-refractivity contribution in [2.24, 2.45) is 0 Å². The average molecular weight is 229 g/mol. The van der Waals surface area contributed by atoms with E-state index in [1.165, 1.54) is 0 Å². The molecule has 4 nitrogen and oxygen atoms in total. The molecule has 0 atom stereocenters. The van der Waals surface area contributed by atoms with Crippen LogP contribution in [-0.2, 0) is 16.1 Å². The fourth-order valence-corrected chi connectivity index (χ4v) is 1.58. The zero-order valence-corrected chi connectivity index (χ0v) is 9.37. The molecule has 0 unspecified atom stereocenters. The van der Waals surface area contributed by atoms with Crippen molar-refractivity contribution in [2.75, 3.05) is 6.61 Å². The molecule has 1 aromatic rings. The van der Waals surface area contributed by atoms with Crippen LogP contribution in [0.5, 0.6) is 0 Å². The highest BCUT2D eigenvalue weighted by Gasteiger charge is 2.18. The van der Waals surface area contributed by atoms with Crippen LogP contribution in [-0.4, -0.2) is 18.5 Å². The zero-order chi connectivity index (χ0) is 12.3. The van der Waals surface area contributed by atoms with Crippen molar-refractivity contribution in [3.63, 3.8) is 0 Å². The maximum Gasteiger partial charge on any atom is 0.384 e. The summed E-state index contributed by atoms with van der Waals surface area (Å²) in [5, 5.41) is 2.72. The second kappa shape index (κ2) is 4.71. The molecule has 1 heterocycles. The van der Waals surface area contributed by atoms with E-state index in [1.54, 1.807) is 19.1 Å². The molecule has 17 heavy (non-hydrogen) atoms. The quantitative estimate of drug-likeness (QED) is 0.573. The molecule has 0 aromatic heterocycles. The number of nitrogens with one attached hydrogen (secondary N) is 1. The second-order valence-electron chi connectivity index (χ2n) is 3.53. The number of fused-ring (bicyclic) bond motifs is 1. The standard InChI is InChI=1S/C13H11NO3/c1-2-17-12(15)6-4-9-3-5-10-8-14-13(16)11(10)7-9/h3,5,7H,2,8H2,1H3,(H,14,16). The SMILES string of the molecule is CCOC(=O)C#Cc1ccc2c(c1)C(=O)NC2. The van der Waals surface area contributed by atoms with Gasteiger partial charge in [-0.2, -0.15) is 0 Å². The van der Waals surface area contributed by atoms with Gasteiger partial charge >= 0.3 is 5.97 Å². The lowest BCUT2D eigenvalue weighted by molar-refractivity contribution is -0.136. The van der Waals surface area contributed by atoms with E-state index in [-0.39, 0.29) is 5.91 Å². The summed E-state index contributed by atoms with van der Waals surface area (Å²) in [5.74, 6) is 4.38. The Hall–Kier alpha value is -2.28. The molecule has 0 saturated heterocycles. The number of ether oxygens (including phenoxy) is 1. The zero-order valence-electron chi connectivity index (χ0n) is 9.37. The summed E-state index contributed by atoms with van der Waals surface area (Å²) in [6.45, 7) is 2.58. The van der Waals surface area contributed by atoms with Crippen LogP contribution >= 0.6 is 0 Å². The van der Waals surface area contributed by atoms with E-state index in [0.717, 1.165) is 5.56 Å². The summed E-state index contributed by atoms with van der Waals surface area (Å²) in [7, 11) is 0. The highest BCUT2D eigenvalue weighted by Crippen LogP contribution is 2.16. The Bertz CT molecular complexity index is 537. The van der Waals surface area contributed by atoms with E-state index in [4.69, 9.17) is 0 Å². The molecule has 0 bridgehead atoms. The molecule has 1 amide bonds. The number of carbonyl (C=O) groups excluding carboxylic acids is 2. The number of hydrogen-bond donors (Lipinski definition) is 1. The van der Waals surface area contributed by atoms with Crippen molar-refractivity contribution in [1.82, 2.24) is 5.32 Å². The van der Waals surface area contributed by atoms with E-state index in [2.05, 4.69) is 21.9 Å². The summed E-state index contributed by atoms with van der Waals surface area (Å²) in [4.78, 5) is 22.4. The van der Waals surface area contributed by atoms with Crippen molar-refractivity contribution in [2.45, 2.75) is 13.5 Å². The molecular formula is C13H11NO3. The van der Waals surface area contributed by atoms with Crippen LogP contribution < -0.4 is 5.32 Å². The largest absolute Gasteiger partial charge is 0.456 e. The molecule has 1 N–H and O–H groups in total. The summed E-state index contributed by atoms with van der Waals surface area (Å²) < 4.78 is 4.69. The molecule has 0 fully saturated rings. The highest BCUT2D eigenvalue weighted by molar-refractivity contribution is 5.98. The van der Waals surface area contributed by atoms with Crippen LogP contribution in [0.15, 0.2) is 18.2 Å². The Morgan fingerprint density at radius 2 is 2.35 bits per heavy atom. The third-order valence-corrected chi connectivity index (χ3v) is 2.38. The highest BCUT2D eigenvalue weighted by atomic mass is 16.5. The van der Waals surface area contributed by atoms with Gasteiger partial charge < -0.3 is 10.1 Å². The van der Waals surface area contributed by atoms with E-state index in [0.29, 0.717) is 24.3 Å². The van der Waals surface area contributed by atoms with Crippen molar-refractivity contribution in [3.8, 4) is 11.8 Å². The normalized spacial score (nSPS) is 12.2. The van der Waals surface area contributed by atoms with E-state index in [9.17, 15) is 9.59 Å². The Labute approximate surface area is 99.0 Å². The Morgan fingerprint density at radius 3 is 3.12 bits per heavy atom. The molecule has 86 valence electrons. The molecule has 0 radical (unpaired) electrons. The molecule has 1 aliphatic heterocycles. The Morgan fingerprint density at radius 1 is 1.53 bits per heavy atom. The van der Waals surface area contributed by atoms with E-state index < -0.39 is 5.97 Å². The predicted molar refractivity (Wildman–Crippen MR) is 61.1 cm³/mol. The van der Waals surface area contributed by atoms with Gasteiger partial charge in [0.05, 0.1) is 6.61 Å².